The van der Waals surface area contributed by atoms with Crippen LogP contribution in [0.4, 0.5) is 0 Å². The van der Waals surface area contributed by atoms with Gasteiger partial charge < -0.3 is 4.74 Å². The summed E-state index contributed by atoms with van der Waals surface area (Å²) in [6.07, 6.45) is 1.78. The van der Waals surface area contributed by atoms with Gasteiger partial charge in [0.1, 0.15) is 5.75 Å². The van der Waals surface area contributed by atoms with Gasteiger partial charge in [-0.05, 0) is 19.1 Å². The summed E-state index contributed by atoms with van der Waals surface area (Å²) in [5.74, 6) is 0.733. The Hall–Kier alpha value is -1.75. The summed E-state index contributed by atoms with van der Waals surface area (Å²) in [6.45, 7) is 1.84. The molecule has 2 nitrogen and oxygen atoms in total. The topological polar surface area (TPSA) is 33.0 Å². The number of hydrogen-bond acceptors (Lipinski definition) is 2. The van der Waals surface area contributed by atoms with Crippen LogP contribution in [0.2, 0.25) is 0 Å². The molecular weight excluding hydrogens is 162 g/mol. The van der Waals surface area contributed by atoms with Gasteiger partial charge in [0.05, 0.1) is 18.8 Å². The summed E-state index contributed by atoms with van der Waals surface area (Å²) >= 11 is 0. The monoisotopic (exact) mass is 173 g/mol. The zero-order valence-corrected chi connectivity index (χ0v) is 7.74. The van der Waals surface area contributed by atoms with Crippen molar-refractivity contribution >= 4 is 5.57 Å². The van der Waals surface area contributed by atoms with Crippen LogP contribution in [0.1, 0.15) is 12.5 Å². The lowest BCUT2D eigenvalue weighted by atomic mass is 10.1. The highest BCUT2D eigenvalue weighted by Gasteiger charge is 2.04. The van der Waals surface area contributed by atoms with Crippen molar-refractivity contribution in [1.29, 1.82) is 5.26 Å². The SMILES string of the molecule is C/C=C(\C#N)c1ccccc1OC. The number of nitrogens with zero attached hydrogens (tertiary/aromatic N) is 1. The molecule has 0 radical (unpaired) electrons. The van der Waals surface area contributed by atoms with Crippen molar-refractivity contribution in [1.82, 2.24) is 0 Å². The van der Waals surface area contributed by atoms with E-state index in [0.29, 0.717) is 5.57 Å². The molecule has 0 saturated heterocycles. The Balaban J connectivity index is 3.22. The van der Waals surface area contributed by atoms with Crippen LogP contribution >= 0.6 is 0 Å². The fourth-order valence-electron chi connectivity index (χ4n) is 1.15. The largest absolute Gasteiger partial charge is 0.496 e. The maximum absolute atomic E-state index is 8.83. The van der Waals surface area contributed by atoms with Gasteiger partial charge in [0.15, 0.2) is 0 Å². The second kappa shape index (κ2) is 4.32. The normalized spacial score (nSPS) is 10.7. The quantitative estimate of drug-likeness (QED) is 0.644. The van der Waals surface area contributed by atoms with Gasteiger partial charge in [-0.15, -0.1) is 0 Å². The number of hydrogen-bond donors (Lipinski definition) is 0. The molecule has 2 heteroatoms. The van der Waals surface area contributed by atoms with Crippen molar-refractivity contribution in [2.24, 2.45) is 0 Å². The minimum absolute atomic E-state index is 0.637. The molecule has 0 unspecified atom stereocenters. The van der Waals surface area contributed by atoms with Gasteiger partial charge in [-0.3, -0.25) is 0 Å². The number of ether oxygens (including phenoxy) is 1. The number of rotatable bonds is 2. The van der Waals surface area contributed by atoms with E-state index in [2.05, 4.69) is 6.07 Å². The summed E-state index contributed by atoms with van der Waals surface area (Å²) in [6, 6.07) is 9.61. The Morgan fingerprint density at radius 3 is 2.69 bits per heavy atom. The van der Waals surface area contributed by atoms with Gasteiger partial charge in [0.25, 0.3) is 0 Å². The molecule has 0 bridgehead atoms. The van der Waals surface area contributed by atoms with Crippen molar-refractivity contribution in [3.8, 4) is 11.8 Å². The Labute approximate surface area is 78.1 Å². The first-order valence-electron chi connectivity index (χ1n) is 4.03. The molecule has 0 amide bonds. The third kappa shape index (κ3) is 1.88. The van der Waals surface area contributed by atoms with Crippen LogP contribution in [0.25, 0.3) is 5.57 Å². The van der Waals surface area contributed by atoms with Crippen LogP contribution < -0.4 is 4.74 Å². The maximum Gasteiger partial charge on any atom is 0.127 e. The first-order valence-corrected chi connectivity index (χ1v) is 4.03. The average molecular weight is 173 g/mol. The molecule has 1 rings (SSSR count). The molecule has 0 heterocycles. The molecular formula is C11H11NO. The standard InChI is InChI=1S/C11H11NO/c1-3-9(8-12)10-6-4-5-7-11(10)13-2/h3-7H,1-2H3/b9-3+. The molecule has 0 spiro atoms. The molecule has 0 saturated carbocycles. The van der Waals surface area contributed by atoms with Gasteiger partial charge in [0, 0.05) is 5.56 Å². The summed E-state index contributed by atoms with van der Waals surface area (Å²) in [4.78, 5) is 0. The third-order valence-electron chi connectivity index (χ3n) is 1.81. The molecule has 66 valence electrons. The number of benzene rings is 1. The van der Waals surface area contributed by atoms with Crippen molar-refractivity contribution in [3.05, 3.63) is 35.9 Å². The predicted octanol–water partition coefficient (Wildman–Crippen LogP) is 2.62. The van der Waals surface area contributed by atoms with E-state index in [1.54, 1.807) is 13.2 Å². The lowest BCUT2D eigenvalue weighted by Gasteiger charge is -2.05. The molecule has 0 atom stereocenters. The molecule has 1 aromatic carbocycles. The smallest absolute Gasteiger partial charge is 0.127 e. The fourth-order valence-corrected chi connectivity index (χ4v) is 1.15. The molecule has 0 aromatic heterocycles. The highest BCUT2D eigenvalue weighted by atomic mass is 16.5. The predicted molar refractivity (Wildman–Crippen MR) is 52.3 cm³/mol. The first-order chi connectivity index (χ1) is 6.33. The molecule has 13 heavy (non-hydrogen) atoms. The van der Waals surface area contributed by atoms with E-state index in [9.17, 15) is 0 Å². The number of methoxy groups -OCH3 is 1. The van der Waals surface area contributed by atoms with Crippen molar-refractivity contribution in [2.75, 3.05) is 7.11 Å². The van der Waals surface area contributed by atoms with E-state index in [1.165, 1.54) is 0 Å². The summed E-state index contributed by atoms with van der Waals surface area (Å²) in [7, 11) is 1.60. The molecule has 0 N–H and O–H groups in total. The van der Waals surface area contributed by atoms with E-state index >= 15 is 0 Å². The fraction of sp³-hybridized carbons (Fsp3) is 0.182. The van der Waals surface area contributed by atoms with Crippen molar-refractivity contribution in [3.63, 3.8) is 0 Å². The summed E-state index contributed by atoms with van der Waals surface area (Å²) < 4.78 is 5.14. The van der Waals surface area contributed by atoms with Gasteiger partial charge in [0.2, 0.25) is 0 Å². The van der Waals surface area contributed by atoms with Gasteiger partial charge in [-0.2, -0.15) is 5.26 Å². The van der Waals surface area contributed by atoms with E-state index in [4.69, 9.17) is 10.00 Å². The number of allylic oxidation sites excluding steroid dienone is 2. The molecule has 0 aliphatic carbocycles. The number of para-hydroxylation sites is 1. The van der Waals surface area contributed by atoms with Crippen LogP contribution in [-0.2, 0) is 0 Å². The Bertz CT molecular complexity index is 361. The van der Waals surface area contributed by atoms with E-state index < -0.39 is 0 Å². The summed E-state index contributed by atoms with van der Waals surface area (Å²) in [5.41, 5.74) is 1.48. The molecule has 0 aliphatic rings. The molecule has 0 aliphatic heterocycles. The van der Waals surface area contributed by atoms with Crippen LogP contribution in [0, 0.1) is 11.3 Å². The first kappa shape index (κ1) is 9.34. The minimum atomic E-state index is 0.637. The second-order valence-corrected chi connectivity index (χ2v) is 2.51. The Morgan fingerprint density at radius 1 is 1.46 bits per heavy atom. The van der Waals surface area contributed by atoms with Crippen LogP contribution in [-0.4, -0.2) is 7.11 Å². The second-order valence-electron chi connectivity index (χ2n) is 2.51. The highest BCUT2D eigenvalue weighted by Crippen LogP contribution is 2.24. The zero-order chi connectivity index (χ0) is 9.68. The molecule has 0 fully saturated rings. The molecule has 1 aromatic rings. The lowest BCUT2D eigenvalue weighted by molar-refractivity contribution is 0.413. The number of nitriles is 1. The lowest BCUT2D eigenvalue weighted by Crippen LogP contribution is -1.89. The van der Waals surface area contributed by atoms with Crippen molar-refractivity contribution in [2.45, 2.75) is 6.92 Å². The van der Waals surface area contributed by atoms with E-state index in [0.717, 1.165) is 11.3 Å². The summed E-state index contributed by atoms with van der Waals surface area (Å²) in [5, 5.41) is 8.83. The van der Waals surface area contributed by atoms with E-state index in [-0.39, 0.29) is 0 Å². The maximum atomic E-state index is 8.83. The van der Waals surface area contributed by atoms with Crippen LogP contribution in [0.15, 0.2) is 30.3 Å². The zero-order valence-electron chi connectivity index (χ0n) is 7.74. The average Bonchev–Trinajstić information content (AvgIpc) is 2.20. The third-order valence-corrected chi connectivity index (χ3v) is 1.81. The highest BCUT2D eigenvalue weighted by molar-refractivity contribution is 5.79. The minimum Gasteiger partial charge on any atom is -0.496 e. The Kier molecular flexibility index (Phi) is 3.10. The van der Waals surface area contributed by atoms with Crippen LogP contribution in [0.3, 0.4) is 0 Å². The van der Waals surface area contributed by atoms with Gasteiger partial charge in [-0.25, -0.2) is 0 Å². The van der Waals surface area contributed by atoms with E-state index in [1.807, 2.05) is 31.2 Å². The van der Waals surface area contributed by atoms with Crippen LogP contribution in [0.5, 0.6) is 5.75 Å². The van der Waals surface area contributed by atoms with Crippen molar-refractivity contribution < 1.29 is 4.74 Å². The Morgan fingerprint density at radius 2 is 2.15 bits per heavy atom. The van der Waals surface area contributed by atoms with Gasteiger partial charge in [-0.1, -0.05) is 18.2 Å². The van der Waals surface area contributed by atoms with Gasteiger partial charge >= 0.3 is 0 Å².